The number of carbonyl (C=O) groups excluding carboxylic acids is 1. The molecule has 2 unspecified atom stereocenters. The number of morpholine rings is 1. The maximum absolute atomic E-state index is 11.6. The van der Waals surface area contributed by atoms with Gasteiger partial charge in [0.25, 0.3) is 0 Å². The van der Waals surface area contributed by atoms with E-state index in [9.17, 15) is 4.79 Å². The summed E-state index contributed by atoms with van der Waals surface area (Å²) in [5.74, 6) is -0.0420. The van der Waals surface area contributed by atoms with Gasteiger partial charge in [0, 0.05) is 31.8 Å². The van der Waals surface area contributed by atoms with E-state index in [1.807, 2.05) is 0 Å². The number of carbonyl (C=O) groups is 1. The maximum atomic E-state index is 11.6. The molecule has 1 saturated heterocycles. The summed E-state index contributed by atoms with van der Waals surface area (Å²) in [5.41, 5.74) is 0.0969. The van der Waals surface area contributed by atoms with Crippen molar-refractivity contribution in [1.82, 2.24) is 4.90 Å². The lowest BCUT2D eigenvalue weighted by Gasteiger charge is -2.46. The van der Waals surface area contributed by atoms with Gasteiger partial charge >= 0.3 is 5.97 Å². The molecule has 6 heteroatoms. The Morgan fingerprint density at radius 3 is 3.00 bits per heavy atom. The van der Waals surface area contributed by atoms with Crippen LogP contribution in [0.5, 0.6) is 0 Å². The number of methoxy groups -OCH3 is 1. The van der Waals surface area contributed by atoms with Gasteiger partial charge in [-0.15, -0.1) is 0 Å². The van der Waals surface area contributed by atoms with Crippen LogP contribution in [-0.4, -0.2) is 55.7 Å². The number of ether oxygens (including phenoxy) is 2. The van der Waals surface area contributed by atoms with Crippen LogP contribution in [0.25, 0.3) is 0 Å². The minimum absolute atomic E-state index is 0.318. The largest absolute Gasteiger partial charge is 0.464 e. The molecule has 19 heavy (non-hydrogen) atoms. The number of hydrogen-bond donors (Lipinski definition) is 0. The van der Waals surface area contributed by atoms with Crippen molar-refractivity contribution in [3.8, 4) is 0 Å². The van der Waals surface area contributed by atoms with Crippen molar-refractivity contribution in [3.05, 3.63) is 0 Å². The van der Waals surface area contributed by atoms with Gasteiger partial charge in [0.2, 0.25) is 0 Å². The summed E-state index contributed by atoms with van der Waals surface area (Å²) < 4.78 is 10.1. The Balaban J connectivity index is 1.80. The molecule has 2 aliphatic heterocycles. The molecule has 0 aromatic carbocycles. The van der Waals surface area contributed by atoms with E-state index in [1.165, 1.54) is 7.11 Å². The molecule has 106 valence electrons. The molecule has 0 aromatic heterocycles. The molecule has 1 aliphatic carbocycles. The van der Waals surface area contributed by atoms with Crippen molar-refractivity contribution < 1.29 is 19.1 Å². The second kappa shape index (κ2) is 5.09. The number of hydrogen-bond acceptors (Lipinski definition) is 6. The van der Waals surface area contributed by atoms with Gasteiger partial charge in [-0.25, -0.2) is 4.79 Å². The molecule has 0 aromatic rings. The number of nitrogens with zero attached hydrogens (tertiary/aromatic N) is 2. The van der Waals surface area contributed by atoms with Crippen molar-refractivity contribution in [2.45, 2.75) is 31.4 Å². The van der Waals surface area contributed by atoms with Crippen LogP contribution >= 0.6 is 0 Å². The summed E-state index contributed by atoms with van der Waals surface area (Å²) in [5, 5.41) is 4.05. The van der Waals surface area contributed by atoms with Gasteiger partial charge in [-0.05, 0) is 12.8 Å². The van der Waals surface area contributed by atoms with E-state index >= 15 is 0 Å². The van der Waals surface area contributed by atoms with E-state index in [4.69, 9.17) is 14.3 Å². The van der Waals surface area contributed by atoms with Gasteiger partial charge in [0.1, 0.15) is 0 Å². The van der Waals surface area contributed by atoms with Crippen LogP contribution in [0.2, 0.25) is 0 Å². The summed E-state index contributed by atoms with van der Waals surface area (Å²) in [6.45, 7) is 3.23. The molecule has 6 nitrogen and oxygen atoms in total. The van der Waals surface area contributed by atoms with Crippen molar-refractivity contribution in [3.63, 3.8) is 0 Å². The first-order valence-electron chi connectivity index (χ1n) is 6.92. The first-order valence-corrected chi connectivity index (χ1v) is 6.92. The van der Waals surface area contributed by atoms with Crippen LogP contribution in [0.1, 0.15) is 25.7 Å². The highest BCUT2D eigenvalue weighted by Crippen LogP contribution is 2.46. The summed E-state index contributed by atoms with van der Waals surface area (Å²) in [7, 11) is 1.38. The molecule has 0 spiro atoms. The molecule has 0 N–H and O–H groups in total. The predicted octanol–water partition coefficient (Wildman–Crippen LogP) is 0.764. The number of rotatable bonds is 2. The predicted molar refractivity (Wildman–Crippen MR) is 67.6 cm³/mol. The van der Waals surface area contributed by atoms with E-state index in [0.717, 1.165) is 45.6 Å². The normalized spacial score (nSPS) is 35.2. The molecular formula is C13H20N2O4. The fraction of sp³-hybridized carbons (Fsp3) is 0.846. The SMILES string of the molecule is COC(=O)C1=NOC2(N3CCOCC3)CCCC2C1. The zero-order valence-electron chi connectivity index (χ0n) is 11.3. The Morgan fingerprint density at radius 1 is 1.47 bits per heavy atom. The molecule has 2 fully saturated rings. The standard InChI is InChI=1S/C13H20N2O4/c1-17-12(16)11-9-10-3-2-4-13(10,19-14-11)15-5-7-18-8-6-15/h10H,2-9H2,1H3. The summed E-state index contributed by atoms with van der Waals surface area (Å²) in [6, 6.07) is 0. The van der Waals surface area contributed by atoms with Crippen molar-refractivity contribution in [2.75, 3.05) is 33.4 Å². The Morgan fingerprint density at radius 2 is 2.26 bits per heavy atom. The lowest BCUT2D eigenvalue weighted by molar-refractivity contribution is -0.204. The van der Waals surface area contributed by atoms with E-state index in [1.54, 1.807) is 0 Å². The second-order valence-electron chi connectivity index (χ2n) is 5.36. The lowest BCUT2D eigenvalue weighted by Crippen LogP contribution is -2.58. The maximum Gasteiger partial charge on any atom is 0.355 e. The first kappa shape index (κ1) is 12.9. The fourth-order valence-corrected chi connectivity index (χ4v) is 3.47. The van der Waals surface area contributed by atoms with Crippen LogP contribution in [0, 0.1) is 5.92 Å². The highest BCUT2D eigenvalue weighted by atomic mass is 16.7. The van der Waals surface area contributed by atoms with Gasteiger partial charge in [-0.2, -0.15) is 0 Å². The van der Waals surface area contributed by atoms with Gasteiger partial charge in [0.15, 0.2) is 11.4 Å². The van der Waals surface area contributed by atoms with E-state index in [2.05, 4.69) is 10.1 Å². The van der Waals surface area contributed by atoms with Crippen molar-refractivity contribution >= 4 is 11.7 Å². The summed E-state index contributed by atoms with van der Waals surface area (Å²) >= 11 is 0. The minimum atomic E-state index is -0.373. The van der Waals surface area contributed by atoms with Crippen LogP contribution in [0.4, 0.5) is 0 Å². The smallest absolute Gasteiger partial charge is 0.355 e. The van der Waals surface area contributed by atoms with E-state index in [0.29, 0.717) is 18.1 Å². The molecule has 3 rings (SSSR count). The van der Waals surface area contributed by atoms with Crippen molar-refractivity contribution in [1.29, 1.82) is 0 Å². The van der Waals surface area contributed by atoms with E-state index in [-0.39, 0.29) is 11.7 Å². The first-order chi connectivity index (χ1) is 9.26. The van der Waals surface area contributed by atoms with Gasteiger partial charge in [-0.3, -0.25) is 4.90 Å². The third kappa shape index (κ3) is 2.12. The monoisotopic (exact) mass is 268 g/mol. The molecule has 0 bridgehead atoms. The molecular weight excluding hydrogens is 248 g/mol. The highest BCUT2D eigenvalue weighted by molar-refractivity contribution is 6.36. The molecule has 1 saturated carbocycles. The summed E-state index contributed by atoms with van der Waals surface area (Å²) in [6.07, 6.45) is 3.83. The van der Waals surface area contributed by atoms with Gasteiger partial charge < -0.3 is 14.3 Å². The number of esters is 1. The third-order valence-electron chi connectivity index (χ3n) is 4.45. The minimum Gasteiger partial charge on any atom is -0.464 e. The fourth-order valence-electron chi connectivity index (χ4n) is 3.47. The van der Waals surface area contributed by atoms with Crippen molar-refractivity contribution in [2.24, 2.45) is 11.1 Å². The third-order valence-corrected chi connectivity index (χ3v) is 4.45. The Hall–Kier alpha value is -1.14. The van der Waals surface area contributed by atoms with Crippen LogP contribution in [0.3, 0.4) is 0 Å². The highest BCUT2D eigenvalue weighted by Gasteiger charge is 2.53. The zero-order chi connectivity index (χ0) is 13.3. The Kier molecular flexibility index (Phi) is 3.45. The molecule has 0 radical (unpaired) electrons. The zero-order valence-corrected chi connectivity index (χ0v) is 11.3. The Labute approximate surface area is 112 Å². The van der Waals surface area contributed by atoms with Gasteiger partial charge in [0.05, 0.1) is 20.3 Å². The topological polar surface area (TPSA) is 60.4 Å². The van der Waals surface area contributed by atoms with Crippen LogP contribution in [0.15, 0.2) is 5.16 Å². The average Bonchev–Trinajstić information content (AvgIpc) is 2.91. The number of oxime groups is 1. The van der Waals surface area contributed by atoms with Gasteiger partial charge in [-0.1, -0.05) is 5.16 Å². The van der Waals surface area contributed by atoms with Crippen LogP contribution < -0.4 is 0 Å². The lowest BCUT2D eigenvalue weighted by atomic mass is 9.90. The molecule has 3 aliphatic rings. The molecule has 2 heterocycles. The Bertz CT molecular complexity index is 392. The second-order valence-corrected chi connectivity index (χ2v) is 5.36. The average molecular weight is 268 g/mol. The number of fused-ring (bicyclic) bond motifs is 1. The summed E-state index contributed by atoms with van der Waals surface area (Å²) in [4.78, 5) is 19.7. The molecule has 2 atom stereocenters. The van der Waals surface area contributed by atoms with Crippen LogP contribution in [-0.2, 0) is 19.1 Å². The molecule has 0 amide bonds. The van der Waals surface area contributed by atoms with E-state index < -0.39 is 0 Å². The quantitative estimate of drug-likeness (QED) is 0.692.